The van der Waals surface area contributed by atoms with Crippen molar-refractivity contribution in [3.8, 4) is 11.5 Å². The fourth-order valence-electron chi connectivity index (χ4n) is 1.56. The minimum Gasteiger partial charge on any atom is -0.458 e. The van der Waals surface area contributed by atoms with Gasteiger partial charge in [0.25, 0.3) is 5.24 Å². The number of hydrogen-bond donors (Lipinski definition) is 0. The molecule has 2 rings (SSSR count). The molecule has 15 heavy (non-hydrogen) atoms. The van der Waals surface area contributed by atoms with E-state index in [1.54, 1.807) is 12.1 Å². The smallest absolute Gasteiger partial charge is 0.252 e. The van der Waals surface area contributed by atoms with Gasteiger partial charge in [-0.3, -0.25) is 4.79 Å². The van der Waals surface area contributed by atoms with Crippen molar-refractivity contribution >= 4 is 16.8 Å². The molecule has 0 saturated heterocycles. The molecule has 0 aliphatic carbocycles. The number of rotatable bonds is 2. The van der Waals surface area contributed by atoms with Gasteiger partial charge in [-0.05, 0) is 30.2 Å². The first-order valence-electron chi connectivity index (χ1n) is 4.58. The van der Waals surface area contributed by atoms with E-state index in [-0.39, 0.29) is 0 Å². The number of benzene rings is 1. The van der Waals surface area contributed by atoms with Gasteiger partial charge in [-0.1, -0.05) is 6.92 Å². The van der Waals surface area contributed by atoms with Crippen molar-refractivity contribution < 1.29 is 14.3 Å². The summed E-state index contributed by atoms with van der Waals surface area (Å²) in [5.74, 6) is 1.18. The highest BCUT2D eigenvalue weighted by atomic mass is 35.5. The maximum Gasteiger partial charge on any atom is 0.252 e. The van der Waals surface area contributed by atoms with E-state index in [2.05, 4.69) is 0 Å². The van der Waals surface area contributed by atoms with E-state index in [0.717, 1.165) is 5.56 Å². The molecule has 4 heteroatoms. The Kier molecular flexibility index (Phi) is 2.64. The summed E-state index contributed by atoms with van der Waals surface area (Å²) >= 11 is 5.48. The Bertz CT molecular complexity index is 438. The van der Waals surface area contributed by atoms with Gasteiger partial charge in [-0.15, -0.1) is 0 Å². The molecule has 0 bridgehead atoms. The van der Waals surface area contributed by atoms with E-state index in [0.29, 0.717) is 23.5 Å². The Balaban J connectivity index is 2.59. The van der Waals surface area contributed by atoms with Gasteiger partial charge >= 0.3 is 0 Å². The van der Waals surface area contributed by atoms with E-state index >= 15 is 0 Å². The topological polar surface area (TPSA) is 35.5 Å². The molecule has 0 atom stereocenters. The first-order valence-corrected chi connectivity index (χ1v) is 4.96. The number of fused-ring (bicyclic) bond motifs is 1. The SMILES string of the molecule is CCc1c(C(=O)Cl)ccc2c1OC=CO2. The Morgan fingerprint density at radius 1 is 1.33 bits per heavy atom. The lowest BCUT2D eigenvalue weighted by Crippen LogP contribution is -2.04. The minimum atomic E-state index is -0.479. The minimum absolute atomic E-state index is 0.469. The molecule has 1 aliphatic heterocycles. The summed E-state index contributed by atoms with van der Waals surface area (Å²) in [6.07, 6.45) is 3.54. The van der Waals surface area contributed by atoms with Crippen molar-refractivity contribution in [2.75, 3.05) is 0 Å². The molecular weight excluding hydrogens is 216 g/mol. The van der Waals surface area contributed by atoms with Crippen molar-refractivity contribution in [2.24, 2.45) is 0 Å². The van der Waals surface area contributed by atoms with Crippen molar-refractivity contribution in [3.05, 3.63) is 35.8 Å². The zero-order chi connectivity index (χ0) is 10.8. The van der Waals surface area contributed by atoms with Gasteiger partial charge in [0.15, 0.2) is 11.5 Å². The molecule has 0 N–H and O–H groups in total. The average Bonchev–Trinajstić information content (AvgIpc) is 2.27. The molecule has 0 fully saturated rings. The highest BCUT2D eigenvalue weighted by Crippen LogP contribution is 2.36. The van der Waals surface area contributed by atoms with Crippen LogP contribution < -0.4 is 9.47 Å². The van der Waals surface area contributed by atoms with Gasteiger partial charge in [0, 0.05) is 11.1 Å². The molecule has 78 valence electrons. The van der Waals surface area contributed by atoms with E-state index in [1.807, 2.05) is 6.92 Å². The van der Waals surface area contributed by atoms with E-state index in [4.69, 9.17) is 21.1 Å². The van der Waals surface area contributed by atoms with Crippen LogP contribution in [0.5, 0.6) is 11.5 Å². The third kappa shape index (κ3) is 1.70. The standard InChI is InChI=1S/C11H9ClO3/c1-2-7-8(11(12)13)3-4-9-10(7)15-6-5-14-9/h3-6H,2H2,1H3. The second kappa shape index (κ2) is 3.95. The highest BCUT2D eigenvalue weighted by Gasteiger charge is 2.18. The van der Waals surface area contributed by atoms with Crippen LogP contribution in [0.2, 0.25) is 0 Å². The first-order chi connectivity index (χ1) is 7.24. The van der Waals surface area contributed by atoms with Gasteiger partial charge in [0.2, 0.25) is 0 Å². The summed E-state index contributed by atoms with van der Waals surface area (Å²) in [7, 11) is 0. The molecule has 1 aromatic carbocycles. The monoisotopic (exact) mass is 224 g/mol. The number of carbonyl (C=O) groups is 1. The molecule has 0 radical (unpaired) electrons. The molecule has 1 heterocycles. The average molecular weight is 225 g/mol. The predicted octanol–water partition coefficient (Wildman–Crippen LogP) is 2.87. The lowest BCUT2D eigenvalue weighted by molar-refractivity contribution is 0.108. The normalized spacial score (nSPS) is 12.7. The second-order valence-corrected chi connectivity index (χ2v) is 3.40. The Hall–Kier alpha value is -1.48. The van der Waals surface area contributed by atoms with Crippen LogP contribution in [0.3, 0.4) is 0 Å². The predicted molar refractivity (Wildman–Crippen MR) is 56.4 cm³/mol. The van der Waals surface area contributed by atoms with Crippen molar-refractivity contribution in [3.63, 3.8) is 0 Å². The quantitative estimate of drug-likeness (QED) is 0.725. The first kappa shape index (κ1) is 10.1. The Labute approximate surface area is 92.3 Å². The zero-order valence-corrected chi connectivity index (χ0v) is 8.88. The summed E-state index contributed by atoms with van der Waals surface area (Å²) in [6.45, 7) is 1.93. The largest absolute Gasteiger partial charge is 0.458 e. The number of carbonyl (C=O) groups excluding carboxylic acids is 1. The summed E-state index contributed by atoms with van der Waals surface area (Å²) in [4.78, 5) is 11.2. The van der Waals surface area contributed by atoms with Gasteiger partial charge in [0.1, 0.15) is 12.5 Å². The van der Waals surface area contributed by atoms with Gasteiger partial charge in [-0.25, -0.2) is 0 Å². The highest BCUT2D eigenvalue weighted by molar-refractivity contribution is 6.68. The Morgan fingerprint density at radius 2 is 2.07 bits per heavy atom. The van der Waals surface area contributed by atoms with Gasteiger partial charge in [-0.2, -0.15) is 0 Å². The number of hydrogen-bond acceptors (Lipinski definition) is 3. The van der Waals surface area contributed by atoms with Gasteiger partial charge in [0.05, 0.1) is 0 Å². The fraction of sp³-hybridized carbons (Fsp3) is 0.182. The fourth-order valence-corrected chi connectivity index (χ4v) is 1.74. The Morgan fingerprint density at radius 3 is 2.73 bits per heavy atom. The van der Waals surface area contributed by atoms with E-state index in [1.165, 1.54) is 12.5 Å². The molecule has 1 aromatic rings. The maximum absolute atomic E-state index is 11.2. The van der Waals surface area contributed by atoms with Crippen molar-refractivity contribution in [1.29, 1.82) is 0 Å². The van der Waals surface area contributed by atoms with E-state index in [9.17, 15) is 4.79 Å². The molecule has 0 amide bonds. The molecule has 0 saturated carbocycles. The summed E-state index contributed by atoms with van der Waals surface area (Å²) in [5, 5.41) is -0.479. The maximum atomic E-state index is 11.2. The molecular formula is C11H9ClO3. The van der Waals surface area contributed by atoms with Crippen LogP contribution in [0.4, 0.5) is 0 Å². The number of halogens is 1. The lowest BCUT2D eigenvalue weighted by Gasteiger charge is -2.17. The van der Waals surface area contributed by atoms with Crippen LogP contribution in [-0.4, -0.2) is 5.24 Å². The van der Waals surface area contributed by atoms with Crippen LogP contribution >= 0.6 is 11.6 Å². The van der Waals surface area contributed by atoms with Crippen LogP contribution in [0, 0.1) is 0 Å². The summed E-state index contributed by atoms with van der Waals surface area (Å²) in [5.41, 5.74) is 1.24. The van der Waals surface area contributed by atoms with Crippen LogP contribution in [0.15, 0.2) is 24.7 Å². The lowest BCUT2D eigenvalue weighted by atomic mass is 10.0. The molecule has 1 aliphatic rings. The zero-order valence-electron chi connectivity index (χ0n) is 8.12. The molecule has 0 spiro atoms. The van der Waals surface area contributed by atoms with Crippen molar-refractivity contribution in [1.82, 2.24) is 0 Å². The molecule has 0 unspecified atom stereocenters. The molecule has 0 aromatic heterocycles. The third-order valence-electron chi connectivity index (χ3n) is 2.23. The summed E-state index contributed by atoms with van der Waals surface area (Å²) < 4.78 is 10.6. The van der Waals surface area contributed by atoms with E-state index < -0.39 is 5.24 Å². The van der Waals surface area contributed by atoms with Gasteiger partial charge < -0.3 is 9.47 Å². The summed E-state index contributed by atoms with van der Waals surface area (Å²) in [6, 6.07) is 3.32. The third-order valence-corrected chi connectivity index (χ3v) is 2.43. The number of ether oxygens (including phenoxy) is 2. The molecule has 3 nitrogen and oxygen atoms in total. The van der Waals surface area contributed by atoms with Crippen LogP contribution in [-0.2, 0) is 6.42 Å². The van der Waals surface area contributed by atoms with Crippen molar-refractivity contribution in [2.45, 2.75) is 13.3 Å². The van der Waals surface area contributed by atoms with Crippen LogP contribution in [0.25, 0.3) is 0 Å². The van der Waals surface area contributed by atoms with Crippen LogP contribution in [0.1, 0.15) is 22.8 Å². The second-order valence-electron chi connectivity index (χ2n) is 3.05.